The maximum Gasteiger partial charge on any atom is 0.111 e. The van der Waals surface area contributed by atoms with Crippen LogP contribution in [-0.2, 0) is 0 Å². The molecular weight excluding hydrogens is 105 g/mol. The highest BCUT2D eigenvalue weighted by atomic mass is 19.1. The van der Waals surface area contributed by atoms with Crippen LogP contribution in [0.25, 0.3) is 0 Å². The van der Waals surface area contributed by atoms with E-state index in [0.717, 1.165) is 25.1 Å². The van der Waals surface area contributed by atoms with Crippen LogP contribution in [0.2, 0.25) is 0 Å². The van der Waals surface area contributed by atoms with Crippen LogP contribution in [0.4, 0.5) is 4.39 Å². The molecule has 0 saturated heterocycles. The highest BCUT2D eigenvalue weighted by molar-refractivity contribution is 5.06. The van der Waals surface area contributed by atoms with E-state index in [0.29, 0.717) is 0 Å². The van der Waals surface area contributed by atoms with Crippen molar-refractivity contribution in [3.8, 4) is 0 Å². The second-order valence-corrected chi connectivity index (χ2v) is 1.95. The van der Waals surface area contributed by atoms with Gasteiger partial charge in [-0.05, 0) is 18.5 Å². The lowest BCUT2D eigenvalue weighted by molar-refractivity contribution is 0.517. The lowest BCUT2D eigenvalue weighted by Crippen LogP contribution is -2.20. The average Bonchev–Trinajstić information content (AvgIpc) is 1.90. The van der Waals surface area contributed by atoms with Gasteiger partial charge in [-0.25, -0.2) is 4.39 Å². The monoisotopic (exact) mass is 115 g/mol. The highest BCUT2D eigenvalue weighted by Gasteiger charge is 1.99. The predicted molar refractivity (Wildman–Crippen MR) is 31.5 cm³/mol. The first-order valence-electron chi connectivity index (χ1n) is 2.88. The molecule has 8 heavy (non-hydrogen) atoms. The quantitative estimate of drug-likeness (QED) is 0.500. The molecule has 1 N–H and O–H groups in total. The SMILES string of the molecule is FCC1=CCNCC1. The van der Waals surface area contributed by atoms with Crippen molar-refractivity contribution in [2.24, 2.45) is 0 Å². The van der Waals surface area contributed by atoms with Crippen molar-refractivity contribution >= 4 is 0 Å². The largest absolute Gasteiger partial charge is 0.313 e. The Morgan fingerprint density at radius 2 is 2.62 bits per heavy atom. The van der Waals surface area contributed by atoms with Gasteiger partial charge in [0.2, 0.25) is 0 Å². The smallest absolute Gasteiger partial charge is 0.111 e. The van der Waals surface area contributed by atoms with E-state index in [4.69, 9.17) is 0 Å². The third kappa shape index (κ3) is 1.30. The van der Waals surface area contributed by atoms with E-state index in [1.165, 1.54) is 0 Å². The van der Waals surface area contributed by atoms with Gasteiger partial charge in [0.15, 0.2) is 0 Å². The Balaban J connectivity index is 2.37. The van der Waals surface area contributed by atoms with Gasteiger partial charge >= 0.3 is 0 Å². The van der Waals surface area contributed by atoms with Crippen LogP contribution in [-0.4, -0.2) is 19.8 Å². The first-order valence-corrected chi connectivity index (χ1v) is 2.88. The summed E-state index contributed by atoms with van der Waals surface area (Å²) < 4.78 is 11.8. The lowest BCUT2D eigenvalue weighted by atomic mass is 10.1. The highest BCUT2D eigenvalue weighted by Crippen LogP contribution is 2.03. The van der Waals surface area contributed by atoms with Crippen LogP contribution in [0.1, 0.15) is 6.42 Å². The molecule has 1 aliphatic rings. The van der Waals surface area contributed by atoms with Crippen molar-refractivity contribution in [1.29, 1.82) is 0 Å². The molecule has 0 bridgehead atoms. The summed E-state index contributed by atoms with van der Waals surface area (Å²) in [6.07, 6.45) is 2.81. The van der Waals surface area contributed by atoms with Crippen LogP contribution in [0, 0.1) is 0 Å². The maximum atomic E-state index is 11.8. The molecule has 0 fully saturated rings. The van der Waals surface area contributed by atoms with Crippen molar-refractivity contribution in [3.63, 3.8) is 0 Å². The molecule has 1 heterocycles. The van der Waals surface area contributed by atoms with Gasteiger partial charge in [0.05, 0.1) is 0 Å². The molecule has 0 aromatic carbocycles. The third-order valence-corrected chi connectivity index (χ3v) is 1.33. The Morgan fingerprint density at radius 3 is 3.00 bits per heavy atom. The second kappa shape index (κ2) is 2.82. The molecule has 2 heteroatoms. The minimum atomic E-state index is -0.262. The lowest BCUT2D eigenvalue weighted by Gasteiger charge is -2.09. The Labute approximate surface area is 48.6 Å². The molecule has 46 valence electrons. The van der Waals surface area contributed by atoms with Crippen LogP contribution >= 0.6 is 0 Å². The van der Waals surface area contributed by atoms with E-state index in [1.54, 1.807) is 0 Å². The third-order valence-electron chi connectivity index (χ3n) is 1.33. The summed E-state index contributed by atoms with van der Waals surface area (Å²) in [4.78, 5) is 0. The summed E-state index contributed by atoms with van der Waals surface area (Å²) in [6, 6.07) is 0. The van der Waals surface area contributed by atoms with Gasteiger partial charge in [0.1, 0.15) is 6.67 Å². The molecule has 1 nitrogen and oxygen atoms in total. The van der Waals surface area contributed by atoms with E-state index in [-0.39, 0.29) is 6.67 Å². The molecule has 0 aromatic rings. The van der Waals surface area contributed by atoms with Crippen molar-refractivity contribution in [2.45, 2.75) is 6.42 Å². The van der Waals surface area contributed by atoms with Gasteiger partial charge in [-0.3, -0.25) is 0 Å². The summed E-state index contributed by atoms with van der Waals surface area (Å²) >= 11 is 0. The van der Waals surface area contributed by atoms with Gasteiger partial charge in [0, 0.05) is 6.54 Å². The summed E-state index contributed by atoms with van der Waals surface area (Å²) in [5.74, 6) is 0. The molecular formula is C6H10FN. The van der Waals surface area contributed by atoms with E-state index in [2.05, 4.69) is 5.32 Å². The van der Waals surface area contributed by atoms with Gasteiger partial charge in [-0.2, -0.15) is 0 Å². The molecule has 0 aliphatic carbocycles. The number of nitrogens with one attached hydrogen (secondary N) is 1. The second-order valence-electron chi connectivity index (χ2n) is 1.95. The van der Waals surface area contributed by atoms with Gasteiger partial charge in [-0.15, -0.1) is 0 Å². The molecule has 0 unspecified atom stereocenters. The zero-order chi connectivity index (χ0) is 5.82. The summed E-state index contributed by atoms with van der Waals surface area (Å²) in [5.41, 5.74) is 0.948. The fraction of sp³-hybridized carbons (Fsp3) is 0.667. The molecule has 1 aliphatic heterocycles. The molecule has 0 spiro atoms. The number of halogens is 1. The van der Waals surface area contributed by atoms with E-state index in [1.807, 2.05) is 6.08 Å². The van der Waals surface area contributed by atoms with E-state index >= 15 is 0 Å². The van der Waals surface area contributed by atoms with E-state index < -0.39 is 0 Å². The molecule has 0 atom stereocenters. The van der Waals surface area contributed by atoms with Crippen molar-refractivity contribution in [3.05, 3.63) is 11.6 Å². The van der Waals surface area contributed by atoms with Crippen molar-refractivity contribution < 1.29 is 4.39 Å². The minimum Gasteiger partial charge on any atom is -0.313 e. The van der Waals surface area contributed by atoms with Crippen LogP contribution in [0.15, 0.2) is 11.6 Å². The molecule has 0 radical (unpaired) electrons. The fourth-order valence-electron chi connectivity index (χ4n) is 0.791. The van der Waals surface area contributed by atoms with E-state index in [9.17, 15) is 4.39 Å². The Morgan fingerprint density at radius 1 is 1.75 bits per heavy atom. The number of hydrogen-bond acceptors (Lipinski definition) is 1. The molecule has 1 rings (SSSR count). The zero-order valence-corrected chi connectivity index (χ0v) is 4.78. The Hall–Kier alpha value is -0.370. The Bertz CT molecular complexity index is 98.7. The fourth-order valence-corrected chi connectivity index (χ4v) is 0.791. The topological polar surface area (TPSA) is 12.0 Å². The standard InChI is InChI=1S/C6H10FN/c7-5-6-1-3-8-4-2-6/h1,8H,2-5H2. The average molecular weight is 115 g/mol. The van der Waals surface area contributed by atoms with Gasteiger partial charge in [-0.1, -0.05) is 6.08 Å². The first kappa shape index (κ1) is 5.76. The maximum absolute atomic E-state index is 11.8. The molecule has 0 aromatic heterocycles. The number of rotatable bonds is 1. The predicted octanol–water partition coefficient (Wildman–Crippen LogP) is 0.876. The molecule has 0 saturated carbocycles. The summed E-state index contributed by atoms with van der Waals surface area (Å²) in [6.45, 7) is 1.52. The number of hydrogen-bond donors (Lipinski definition) is 1. The zero-order valence-electron chi connectivity index (χ0n) is 4.78. The minimum absolute atomic E-state index is 0.262. The summed E-state index contributed by atoms with van der Waals surface area (Å²) in [5, 5.41) is 3.11. The van der Waals surface area contributed by atoms with Crippen molar-refractivity contribution in [2.75, 3.05) is 19.8 Å². The van der Waals surface area contributed by atoms with Crippen LogP contribution in [0.3, 0.4) is 0 Å². The normalized spacial score (nSPS) is 20.4. The van der Waals surface area contributed by atoms with Gasteiger partial charge < -0.3 is 5.32 Å². The van der Waals surface area contributed by atoms with Crippen LogP contribution < -0.4 is 5.32 Å². The van der Waals surface area contributed by atoms with Crippen LogP contribution in [0.5, 0.6) is 0 Å². The van der Waals surface area contributed by atoms with Gasteiger partial charge in [0.25, 0.3) is 0 Å². The summed E-state index contributed by atoms with van der Waals surface area (Å²) in [7, 11) is 0. The molecule has 0 amide bonds. The van der Waals surface area contributed by atoms with Crippen molar-refractivity contribution in [1.82, 2.24) is 5.32 Å². The first-order chi connectivity index (χ1) is 3.93. The Kier molecular flexibility index (Phi) is 2.03. The number of alkyl halides is 1.